The number of nitrogens with zero attached hydrogens (tertiary/aromatic N) is 1. The lowest BCUT2D eigenvalue weighted by Crippen LogP contribution is -2.54. The van der Waals surface area contributed by atoms with Crippen LogP contribution in [0, 0.1) is 13.8 Å². The summed E-state index contributed by atoms with van der Waals surface area (Å²) in [5.74, 6) is -1.32. The van der Waals surface area contributed by atoms with Gasteiger partial charge in [-0.2, -0.15) is 0 Å². The molecule has 0 aliphatic carbocycles. The Hall–Kier alpha value is -4.63. The van der Waals surface area contributed by atoms with Gasteiger partial charge in [-0.15, -0.1) is 0 Å². The van der Waals surface area contributed by atoms with Crippen molar-refractivity contribution in [3.05, 3.63) is 87.9 Å². The van der Waals surface area contributed by atoms with Gasteiger partial charge in [-0.1, -0.05) is 35.4 Å². The number of imide groups is 2. The topological polar surface area (TPSA) is 114 Å². The average molecular weight is 548 g/mol. The number of halogens is 1. The minimum Gasteiger partial charge on any atom is -0.490 e. The fourth-order valence-corrected chi connectivity index (χ4v) is 4.06. The van der Waals surface area contributed by atoms with Gasteiger partial charge in [-0.3, -0.25) is 19.7 Å². The first-order valence-electron chi connectivity index (χ1n) is 12.1. The number of barbiturate groups is 1. The number of nitrogens with one attached hydrogen (secondary N) is 2. The van der Waals surface area contributed by atoms with Crippen LogP contribution in [-0.2, 0) is 14.4 Å². The maximum atomic E-state index is 13.1. The van der Waals surface area contributed by atoms with E-state index in [0.717, 1.165) is 16.0 Å². The maximum absolute atomic E-state index is 13.1. The van der Waals surface area contributed by atoms with E-state index < -0.39 is 17.8 Å². The van der Waals surface area contributed by atoms with Crippen LogP contribution in [0.25, 0.3) is 6.08 Å². The molecule has 0 bridgehead atoms. The van der Waals surface area contributed by atoms with Crippen molar-refractivity contribution >= 4 is 52.8 Å². The van der Waals surface area contributed by atoms with Crippen molar-refractivity contribution in [2.75, 3.05) is 23.4 Å². The van der Waals surface area contributed by atoms with Gasteiger partial charge in [0, 0.05) is 10.7 Å². The molecule has 5 amide bonds. The molecule has 3 aromatic carbocycles. The summed E-state index contributed by atoms with van der Waals surface area (Å²) in [5.41, 5.74) is 3.20. The molecule has 1 heterocycles. The number of benzene rings is 3. The number of urea groups is 1. The molecular weight excluding hydrogens is 522 g/mol. The van der Waals surface area contributed by atoms with Gasteiger partial charge in [0.05, 0.1) is 12.3 Å². The van der Waals surface area contributed by atoms with Crippen LogP contribution in [0.3, 0.4) is 0 Å². The van der Waals surface area contributed by atoms with Crippen molar-refractivity contribution in [1.29, 1.82) is 0 Å². The molecule has 39 heavy (non-hydrogen) atoms. The number of ether oxygens (including phenoxy) is 2. The van der Waals surface area contributed by atoms with Crippen LogP contribution < -0.4 is 25.0 Å². The van der Waals surface area contributed by atoms with Crippen LogP contribution in [0.4, 0.5) is 16.2 Å². The standard InChI is InChI=1S/C29H26ClN3O6/c1-4-38-25-15-19(6-12-24(25)39-16-26(34)31-23-11-5-17(2)13-18(23)3)14-22-27(35)32-29(37)33(28(22)36)21-9-7-20(30)8-10-21/h5-15H,4,16H2,1-3H3,(H,31,34)(H,32,35,37)/b22-14-. The van der Waals surface area contributed by atoms with Crippen LogP contribution in [0.5, 0.6) is 11.5 Å². The Morgan fingerprint density at radius 3 is 2.41 bits per heavy atom. The third-order valence-corrected chi connectivity index (χ3v) is 6.03. The largest absolute Gasteiger partial charge is 0.490 e. The summed E-state index contributed by atoms with van der Waals surface area (Å²) in [6, 6.07) is 15.7. The fraction of sp³-hybridized carbons (Fsp3) is 0.172. The van der Waals surface area contributed by atoms with Gasteiger partial charge in [0.15, 0.2) is 18.1 Å². The zero-order valence-electron chi connectivity index (χ0n) is 21.5. The van der Waals surface area contributed by atoms with E-state index in [1.807, 2.05) is 32.0 Å². The van der Waals surface area contributed by atoms with Gasteiger partial charge in [-0.25, -0.2) is 9.69 Å². The third kappa shape index (κ3) is 6.45. The Morgan fingerprint density at radius 1 is 0.974 bits per heavy atom. The van der Waals surface area contributed by atoms with Crippen LogP contribution in [0.2, 0.25) is 5.02 Å². The van der Waals surface area contributed by atoms with Crippen molar-refractivity contribution < 1.29 is 28.7 Å². The first-order valence-corrected chi connectivity index (χ1v) is 12.5. The monoisotopic (exact) mass is 547 g/mol. The number of hydrogen-bond acceptors (Lipinski definition) is 6. The van der Waals surface area contributed by atoms with Gasteiger partial charge in [-0.05, 0) is 80.4 Å². The molecule has 4 rings (SSSR count). The highest BCUT2D eigenvalue weighted by Gasteiger charge is 2.36. The Kier molecular flexibility index (Phi) is 8.31. The summed E-state index contributed by atoms with van der Waals surface area (Å²) >= 11 is 5.91. The normalized spacial score (nSPS) is 14.3. The predicted octanol–water partition coefficient (Wildman–Crippen LogP) is 5.04. The number of anilines is 2. The Balaban J connectivity index is 1.53. The Labute approximate surface area is 230 Å². The van der Waals surface area contributed by atoms with Crippen molar-refractivity contribution in [2.24, 2.45) is 0 Å². The fourth-order valence-electron chi connectivity index (χ4n) is 3.93. The second kappa shape index (κ2) is 11.8. The maximum Gasteiger partial charge on any atom is 0.335 e. The van der Waals surface area contributed by atoms with Gasteiger partial charge in [0.2, 0.25) is 0 Å². The molecule has 0 aromatic heterocycles. The smallest absolute Gasteiger partial charge is 0.335 e. The first-order chi connectivity index (χ1) is 18.7. The van der Waals surface area contributed by atoms with E-state index in [-0.39, 0.29) is 23.8 Å². The zero-order chi connectivity index (χ0) is 28.1. The third-order valence-electron chi connectivity index (χ3n) is 5.78. The molecule has 0 atom stereocenters. The number of rotatable bonds is 8. The molecule has 0 saturated carbocycles. The van der Waals surface area contributed by atoms with E-state index in [1.165, 1.54) is 30.3 Å². The number of aryl methyl sites for hydroxylation is 2. The second-order valence-corrected chi connectivity index (χ2v) is 9.17. The van der Waals surface area contributed by atoms with Crippen LogP contribution in [0.15, 0.2) is 66.2 Å². The van der Waals surface area contributed by atoms with Crippen LogP contribution in [-0.4, -0.2) is 37.0 Å². The van der Waals surface area contributed by atoms with E-state index in [2.05, 4.69) is 10.6 Å². The number of carbonyl (C=O) groups is 4. The molecule has 200 valence electrons. The highest BCUT2D eigenvalue weighted by molar-refractivity contribution is 6.39. The van der Waals surface area contributed by atoms with E-state index in [1.54, 1.807) is 25.1 Å². The highest BCUT2D eigenvalue weighted by atomic mass is 35.5. The molecule has 0 unspecified atom stereocenters. The van der Waals surface area contributed by atoms with Gasteiger partial charge >= 0.3 is 6.03 Å². The molecule has 3 aromatic rings. The molecule has 9 nitrogen and oxygen atoms in total. The molecule has 10 heteroatoms. The highest BCUT2D eigenvalue weighted by Crippen LogP contribution is 2.30. The predicted molar refractivity (Wildman–Crippen MR) is 148 cm³/mol. The summed E-state index contributed by atoms with van der Waals surface area (Å²) in [5, 5.41) is 5.44. The lowest BCUT2D eigenvalue weighted by atomic mass is 10.1. The number of carbonyl (C=O) groups excluding carboxylic acids is 4. The van der Waals surface area contributed by atoms with Crippen LogP contribution in [0.1, 0.15) is 23.6 Å². The Morgan fingerprint density at radius 2 is 1.72 bits per heavy atom. The molecule has 1 aliphatic heterocycles. The molecular formula is C29H26ClN3O6. The number of amides is 5. The van der Waals surface area contributed by atoms with Gasteiger partial charge in [0.25, 0.3) is 17.7 Å². The zero-order valence-corrected chi connectivity index (χ0v) is 22.3. The molecule has 1 saturated heterocycles. The number of hydrogen-bond donors (Lipinski definition) is 2. The van der Waals surface area contributed by atoms with Gasteiger partial charge in [0.1, 0.15) is 5.57 Å². The summed E-state index contributed by atoms with van der Waals surface area (Å²) in [6.07, 6.45) is 1.35. The SMILES string of the molecule is CCOc1cc(/C=C2/C(=O)NC(=O)N(c3ccc(Cl)cc3)C2=O)ccc1OCC(=O)Nc1ccc(C)cc1C. The average Bonchev–Trinajstić information content (AvgIpc) is 2.89. The first kappa shape index (κ1) is 27.4. The quantitative estimate of drug-likeness (QED) is 0.302. The Bertz CT molecular complexity index is 1480. The molecule has 0 radical (unpaired) electrons. The van der Waals surface area contributed by atoms with Crippen molar-refractivity contribution in [1.82, 2.24) is 5.32 Å². The van der Waals surface area contributed by atoms with Crippen LogP contribution >= 0.6 is 11.6 Å². The van der Waals surface area contributed by atoms with E-state index >= 15 is 0 Å². The van der Waals surface area contributed by atoms with Gasteiger partial charge < -0.3 is 14.8 Å². The second-order valence-electron chi connectivity index (χ2n) is 8.73. The lowest BCUT2D eigenvalue weighted by Gasteiger charge is -2.26. The molecule has 2 N–H and O–H groups in total. The minimum atomic E-state index is -0.859. The lowest BCUT2D eigenvalue weighted by molar-refractivity contribution is -0.122. The summed E-state index contributed by atoms with van der Waals surface area (Å²) < 4.78 is 11.4. The van der Waals surface area contributed by atoms with E-state index in [9.17, 15) is 19.2 Å². The summed E-state index contributed by atoms with van der Waals surface area (Å²) in [4.78, 5) is 51.4. The van der Waals surface area contributed by atoms with Crippen molar-refractivity contribution in [3.8, 4) is 11.5 Å². The van der Waals surface area contributed by atoms with Crippen molar-refractivity contribution in [2.45, 2.75) is 20.8 Å². The summed E-state index contributed by atoms with van der Waals surface area (Å²) in [7, 11) is 0. The van der Waals surface area contributed by atoms with E-state index in [0.29, 0.717) is 34.4 Å². The summed E-state index contributed by atoms with van der Waals surface area (Å²) in [6.45, 7) is 5.72. The molecule has 1 fully saturated rings. The molecule has 1 aliphatic rings. The van der Waals surface area contributed by atoms with Crippen molar-refractivity contribution in [3.63, 3.8) is 0 Å². The molecule has 0 spiro atoms. The minimum absolute atomic E-state index is 0.242. The van der Waals surface area contributed by atoms with E-state index in [4.69, 9.17) is 21.1 Å².